The van der Waals surface area contributed by atoms with Crippen molar-refractivity contribution in [3.8, 4) is 0 Å². The van der Waals surface area contributed by atoms with Gasteiger partial charge in [0, 0.05) is 6.04 Å². The second-order valence-corrected chi connectivity index (χ2v) is 4.47. The number of carbonyl (C=O) groups is 1. The van der Waals surface area contributed by atoms with Gasteiger partial charge in [-0.15, -0.1) is 10.2 Å². The summed E-state index contributed by atoms with van der Waals surface area (Å²) in [5.41, 5.74) is 5.71. The maximum atomic E-state index is 10.5. The van der Waals surface area contributed by atoms with Crippen LogP contribution < -0.4 is 5.73 Å². The first-order valence-corrected chi connectivity index (χ1v) is 6.09. The minimum atomic E-state index is -0.874. The second kappa shape index (κ2) is 5.74. The number of carboxylic acid groups (broad SMARTS) is 1. The number of anilines is 1. The van der Waals surface area contributed by atoms with Gasteiger partial charge in [-0.05, 0) is 13.3 Å². The molecular weight excluding hydrogens is 228 g/mol. The third kappa shape index (κ3) is 3.13. The largest absolute Gasteiger partial charge is 0.481 e. The lowest BCUT2D eigenvalue weighted by Gasteiger charge is -2.14. The number of nitrogens with zero attached hydrogens (tertiary/aromatic N) is 3. The van der Waals surface area contributed by atoms with Crippen LogP contribution in [0.15, 0.2) is 5.16 Å². The number of rotatable bonds is 6. The van der Waals surface area contributed by atoms with Crippen molar-refractivity contribution >= 4 is 23.7 Å². The van der Waals surface area contributed by atoms with Crippen LogP contribution >= 0.6 is 11.8 Å². The minimum absolute atomic E-state index is 0.0308. The summed E-state index contributed by atoms with van der Waals surface area (Å²) in [4.78, 5) is 10.5. The number of hydrogen-bond acceptors (Lipinski definition) is 5. The highest BCUT2D eigenvalue weighted by molar-refractivity contribution is 7.99. The molecule has 0 fully saturated rings. The van der Waals surface area contributed by atoms with E-state index in [1.807, 2.05) is 6.92 Å². The Hall–Kier alpha value is -1.24. The molecule has 1 atom stereocenters. The van der Waals surface area contributed by atoms with Gasteiger partial charge in [0.15, 0.2) is 5.16 Å². The van der Waals surface area contributed by atoms with Crippen molar-refractivity contribution in [2.75, 3.05) is 11.5 Å². The van der Waals surface area contributed by atoms with Crippen molar-refractivity contribution in [1.82, 2.24) is 14.8 Å². The van der Waals surface area contributed by atoms with Crippen LogP contribution in [0.5, 0.6) is 0 Å². The molecule has 16 heavy (non-hydrogen) atoms. The zero-order valence-corrected chi connectivity index (χ0v) is 10.2. The van der Waals surface area contributed by atoms with Gasteiger partial charge in [0.05, 0.1) is 5.75 Å². The third-order valence-electron chi connectivity index (χ3n) is 2.16. The van der Waals surface area contributed by atoms with E-state index < -0.39 is 5.97 Å². The molecule has 0 amide bonds. The van der Waals surface area contributed by atoms with E-state index in [0.29, 0.717) is 11.1 Å². The number of thioether (sulfide) groups is 1. The van der Waals surface area contributed by atoms with E-state index in [0.717, 1.165) is 24.6 Å². The molecule has 0 saturated carbocycles. The van der Waals surface area contributed by atoms with E-state index in [1.165, 1.54) is 0 Å². The highest BCUT2D eigenvalue weighted by Gasteiger charge is 2.16. The molecule has 1 unspecified atom stereocenters. The Morgan fingerprint density at radius 2 is 2.31 bits per heavy atom. The fourth-order valence-corrected chi connectivity index (χ4v) is 2.24. The molecule has 7 heteroatoms. The molecule has 6 nitrogen and oxygen atoms in total. The summed E-state index contributed by atoms with van der Waals surface area (Å²) in [5.74, 6) is -0.563. The van der Waals surface area contributed by atoms with Crippen LogP contribution in [0, 0.1) is 0 Å². The number of aromatic nitrogens is 3. The van der Waals surface area contributed by atoms with Gasteiger partial charge in [-0.1, -0.05) is 25.1 Å². The number of nitrogens with two attached hydrogens (primary N) is 1. The first-order valence-electron chi connectivity index (χ1n) is 5.11. The van der Waals surface area contributed by atoms with Gasteiger partial charge in [-0.3, -0.25) is 9.36 Å². The molecule has 0 aliphatic heterocycles. The zero-order chi connectivity index (χ0) is 12.1. The van der Waals surface area contributed by atoms with Gasteiger partial charge in [-0.25, -0.2) is 0 Å². The zero-order valence-electron chi connectivity index (χ0n) is 9.38. The van der Waals surface area contributed by atoms with Gasteiger partial charge >= 0.3 is 5.97 Å². The van der Waals surface area contributed by atoms with Crippen molar-refractivity contribution in [2.45, 2.75) is 37.9 Å². The molecule has 3 N–H and O–H groups in total. The lowest BCUT2D eigenvalue weighted by Crippen LogP contribution is -2.11. The topological polar surface area (TPSA) is 94.0 Å². The minimum Gasteiger partial charge on any atom is -0.481 e. The molecule has 0 radical (unpaired) electrons. The average Bonchev–Trinajstić information content (AvgIpc) is 2.57. The van der Waals surface area contributed by atoms with Crippen molar-refractivity contribution in [3.05, 3.63) is 0 Å². The molecule has 0 spiro atoms. The normalized spacial score (nSPS) is 12.6. The monoisotopic (exact) mass is 244 g/mol. The Morgan fingerprint density at radius 3 is 2.88 bits per heavy atom. The highest BCUT2D eigenvalue weighted by atomic mass is 32.2. The SMILES string of the molecule is CCCC(C)n1c(N)nnc1SCC(=O)O. The van der Waals surface area contributed by atoms with Crippen LogP contribution in [0.4, 0.5) is 5.95 Å². The fourth-order valence-electron chi connectivity index (χ4n) is 1.47. The molecule has 1 aromatic heterocycles. The Labute approximate surface area is 98.2 Å². The smallest absolute Gasteiger partial charge is 0.313 e. The van der Waals surface area contributed by atoms with E-state index in [-0.39, 0.29) is 11.8 Å². The van der Waals surface area contributed by atoms with E-state index in [2.05, 4.69) is 17.1 Å². The fraction of sp³-hybridized carbons (Fsp3) is 0.667. The summed E-state index contributed by atoms with van der Waals surface area (Å²) in [6.45, 7) is 4.11. The Bertz CT molecular complexity index is 366. The predicted molar refractivity (Wildman–Crippen MR) is 62.4 cm³/mol. The van der Waals surface area contributed by atoms with E-state index in [9.17, 15) is 4.79 Å². The van der Waals surface area contributed by atoms with Crippen LogP contribution in [-0.4, -0.2) is 31.6 Å². The summed E-state index contributed by atoms with van der Waals surface area (Å²) in [6, 6.07) is 0.191. The van der Waals surface area contributed by atoms with Gasteiger partial charge in [-0.2, -0.15) is 0 Å². The lowest BCUT2D eigenvalue weighted by molar-refractivity contribution is -0.133. The van der Waals surface area contributed by atoms with Crippen LogP contribution in [0.3, 0.4) is 0 Å². The van der Waals surface area contributed by atoms with Crippen molar-refractivity contribution < 1.29 is 9.90 Å². The lowest BCUT2D eigenvalue weighted by atomic mass is 10.2. The van der Waals surface area contributed by atoms with Crippen LogP contribution in [0.1, 0.15) is 32.7 Å². The van der Waals surface area contributed by atoms with Gasteiger partial charge < -0.3 is 10.8 Å². The van der Waals surface area contributed by atoms with Crippen LogP contribution in [0.2, 0.25) is 0 Å². The van der Waals surface area contributed by atoms with Crippen molar-refractivity contribution in [1.29, 1.82) is 0 Å². The molecule has 0 aromatic carbocycles. The molecule has 1 heterocycles. The molecule has 1 rings (SSSR count). The summed E-state index contributed by atoms with van der Waals surface area (Å²) < 4.78 is 1.79. The quantitative estimate of drug-likeness (QED) is 0.734. The van der Waals surface area contributed by atoms with Crippen molar-refractivity contribution in [3.63, 3.8) is 0 Å². The highest BCUT2D eigenvalue weighted by Crippen LogP contribution is 2.25. The first-order chi connectivity index (χ1) is 7.56. The Balaban J connectivity index is 2.80. The third-order valence-corrected chi connectivity index (χ3v) is 3.09. The second-order valence-electron chi connectivity index (χ2n) is 3.53. The molecule has 0 aliphatic carbocycles. The Kier molecular flexibility index (Phi) is 4.60. The number of carboxylic acids is 1. The molecule has 0 aliphatic rings. The molecular formula is C9H16N4O2S. The van der Waals surface area contributed by atoms with Gasteiger partial charge in [0.1, 0.15) is 0 Å². The van der Waals surface area contributed by atoms with Crippen LogP contribution in [-0.2, 0) is 4.79 Å². The molecule has 90 valence electrons. The Morgan fingerprint density at radius 1 is 1.62 bits per heavy atom. The standard InChI is InChI=1S/C9H16N4O2S/c1-3-4-6(2)13-8(10)11-12-9(13)16-5-7(14)15/h6H,3-5H2,1-2H3,(H2,10,11)(H,14,15). The van der Waals surface area contributed by atoms with E-state index >= 15 is 0 Å². The molecule has 0 saturated heterocycles. The molecule has 1 aromatic rings. The predicted octanol–water partition coefficient (Wildman–Crippen LogP) is 1.40. The maximum Gasteiger partial charge on any atom is 0.313 e. The average molecular weight is 244 g/mol. The first kappa shape index (κ1) is 12.8. The van der Waals surface area contributed by atoms with Crippen LogP contribution in [0.25, 0.3) is 0 Å². The summed E-state index contributed by atoms with van der Waals surface area (Å²) in [7, 11) is 0. The van der Waals surface area contributed by atoms with Gasteiger partial charge in [0.25, 0.3) is 0 Å². The van der Waals surface area contributed by atoms with E-state index in [1.54, 1.807) is 4.57 Å². The van der Waals surface area contributed by atoms with E-state index in [4.69, 9.17) is 10.8 Å². The number of nitrogen functional groups attached to an aromatic ring is 1. The van der Waals surface area contributed by atoms with Gasteiger partial charge in [0.2, 0.25) is 5.95 Å². The summed E-state index contributed by atoms with van der Waals surface area (Å²) in [5, 5.41) is 16.8. The van der Waals surface area contributed by atoms with Crippen molar-refractivity contribution in [2.24, 2.45) is 0 Å². The maximum absolute atomic E-state index is 10.5. The summed E-state index contributed by atoms with van der Waals surface area (Å²) in [6.07, 6.45) is 1.99. The summed E-state index contributed by atoms with van der Waals surface area (Å²) >= 11 is 1.14. The molecule has 0 bridgehead atoms. The number of hydrogen-bond donors (Lipinski definition) is 2. The number of aliphatic carboxylic acids is 1.